The van der Waals surface area contributed by atoms with Gasteiger partial charge in [0.25, 0.3) is 5.91 Å². The number of rotatable bonds is 2. The van der Waals surface area contributed by atoms with Crippen molar-refractivity contribution in [2.24, 2.45) is 7.05 Å². The van der Waals surface area contributed by atoms with E-state index in [9.17, 15) is 4.79 Å². The topological polar surface area (TPSA) is 68.8 Å². The number of anilines is 1. The lowest BCUT2D eigenvalue weighted by molar-refractivity contribution is 0.0979. The summed E-state index contributed by atoms with van der Waals surface area (Å²) in [6, 6.07) is 4.27. The molecular weight excluding hydrogens is 328 g/mol. The molecule has 26 heavy (non-hydrogen) atoms. The number of hydrogen-bond acceptors (Lipinski definition) is 4. The summed E-state index contributed by atoms with van der Waals surface area (Å²) in [7, 11) is 1.84. The van der Waals surface area contributed by atoms with Crippen molar-refractivity contribution in [1.82, 2.24) is 24.8 Å². The van der Waals surface area contributed by atoms with E-state index in [0.717, 1.165) is 35.5 Å². The van der Waals surface area contributed by atoms with Gasteiger partial charge in [-0.1, -0.05) is 17.3 Å². The quantitative estimate of drug-likeness (QED) is 0.712. The number of hydrogen-bond donors (Lipinski definition) is 0. The summed E-state index contributed by atoms with van der Waals surface area (Å²) in [5.41, 5.74) is 6.53. The molecule has 0 fully saturated rings. The molecule has 1 aliphatic rings. The highest BCUT2D eigenvalue weighted by atomic mass is 16.2. The van der Waals surface area contributed by atoms with Crippen LogP contribution in [0.1, 0.15) is 39.3 Å². The molecule has 0 N–H and O–H groups in total. The van der Waals surface area contributed by atoms with Gasteiger partial charge in [0.15, 0.2) is 5.69 Å². The molecule has 0 atom stereocenters. The number of carbonyl (C=O) groups is 1. The van der Waals surface area contributed by atoms with Crippen LogP contribution < -0.4 is 4.90 Å². The summed E-state index contributed by atoms with van der Waals surface area (Å²) in [6.45, 7) is 6.74. The van der Waals surface area contributed by atoms with Gasteiger partial charge in [-0.05, 0) is 50.3 Å². The van der Waals surface area contributed by atoms with Gasteiger partial charge in [0.05, 0.1) is 23.8 Å². The Bertz CT molecular complexity index is 1000. The van der Waals surface area contributed by atoms with Gasteiger partial charge in [-0.15, -0.1) is 5.10 Å². The zero-order chi connectivity index (χ0) is 18.4. The Morgan fingerprint density at radius 2 is 2.00 bits per heavy atom. The van der Waals surface area contributed by atoms with E-state index in [-0.39, 0.29) is 5.91 Å². The fraction of sp³-hybridized carbons (Fsp3) is 0.368. The van der Waals surface area contributed by atoms with Gasteiger partial charge in [-0.2, -0.15) is 5.10 Å². The molecule has 7 heteroatoms. The molecule has 0 spiro atoms. The Labute approximate surface area is 152 Å². The minimum atomic E-state index is -0.0905. The van der Waals surface area contributed by atoms with Crippen molar-refractivity contribution in [1.29, 1.82) is 0 Å². The van der Waals surface area contributed by atoms with Crippen LogP contribution in [0.25, 0.3) is 5.69 Å². The number of benzene rings is 1. The third-order valence-corrected chi connectivity index (χ3v) is 5.16. The van der Waals surface area contributed by atoms with Gasteiger partial charge in [-0.3, -0.25) is 9.48 Å². The van der Waals surface area contributed by atoms with Crippen LogP contribution in [-0.2, 0) is 13.5 Å². The smallest absolute Gasteiger partial charge is 0.280 e. The summed E-state index contributed by atoms with van der Waals surface area (Å²) >= 11 is 0. The largest absolute Gasteiger partial charge is 0.306 e. The minimum absolute atomic E-state index is 0.0905. The third-order valence-electron chi connectivity index (χ3n) is 5.16. The molecule has 134 valence electrons. The summed E-state index contributed by atoms with van der Waals surface area (Å²) in [4.78, 5) is 15.2. The fourth-order valence-electron chi connectivity index (χ4n) is 3.59. The van der Waals surface area contributed by atoms with E-state index in [1.807, 2.05) is 25.1 Å². The van der Waals surface area contributed by atoms with Crippen molar-refractivity contribution < 1.29 is 4.79 Å². The van der Waals surface area contributed by atoms with Crippen molar-refractivity contribution >= 4 is 11.6 Å². The van der Waals surface area contributed by atoms with Crippen LogP contribution in [0.15, 0.2) is 24.5 Å². The summed E-state index contributed by atoms with van der Waals surface area (Å²) < 4.78 is 3.36. The maximum Gasteiger partial charge on any atom is 0.280 e. The molecule has 0 radical (unpaired) electrons. The summed E-state index contributed by atoms with van der Waals surface area (Å²) in [6.07, 6.45) is 5.51. The van der Waals surface area contributed by atoms with E-state index in [0.29, 0.717) is 12.2 Å². The van der Waals surface area contributed by atoms with Crippen molar-refractivity contribution in [2.75, 3.05) is 11.4 Å². The number of amides is 1. The first kappa shape index (κ1) is 16.5. The lowest BCUT2D eigenvalue weighted by Crippen LogP contribution is -2.37. The summed E-state index contributed by atoms with van der Waals surface area (Å²) in [5.74, 6) is -0.0905. The molecular formula is C19H22N6O. The van der Waals surface area contributed by atoms with Gasteiger partial charge >= 0.3 is 0 Å². The van der Waals surface area contributed by atoms with Gasteiger partial charge in [0, 0.05) is 13.6 Å². The number of aromatic nitrogens is 5. The van der Waals surface area contributed by atoms with E-state index < -0.39 is 0 Å². The molecule has 0 aliphatic carbocycles. The molecule has 1 aromatic carbocycles. The normalized spacial score (nSPS) is 13.8. The predicted molar refractivity (Wildman–Crippen MR) is 98.8 cm³/mol. The van der Waals surface area contributed by atoms with E-state index in [1.165, 1.54) is 11.1 Å². The van der Waals surface area contributed by atoms with Crippen LogP contribution in [0.2, 0.25) is 0 Å². The van der Waals surface area contributed by atoms with E-state index in [2.05, 4.69) is 41.4 Å². The second-order valence-electron chi connectivity index (χ2n) is 6.88. The zero-order valence-electron chi connectivity index (χ0n) is 15.5. The first-order chi connectivity index (χ1) is 12.5. The monoisotopic (exact) mass is 350 g/mol. The molecule has 3 aromatic rings. The molecule has 2 aromatic heterocycles. The van der Waals surface area contributed by atoms with E-state index in [1.54, 1.807) is 15.6 Å². The number of carbonyl (C=O) groups excluding carboxylic acids is 1. The minimum Gasteiger partial charge on any atom is -0.306 e. The highest BCUT2D eigenvalue weighted by Gasteiger charge is 2.29. The highest BCUT2D eigenvalue weighted by Crippen LogP contribution is 2.33. The number of fused-ring (bicyclic) bond motifs is 1. The lowest BCUT2D eigenvalue weighted by atomic mass is 9.95. The van der Waals surface area contributed by atoms with Crippen molar-refractivity contribution in [3.63, 3.8) is 0 Å². The van der Waals surface area contributed by atoms with Crippen molar-refractivity contribution in [2.45, 2.75) is 33.6 Å². The molecule has 4 rings (SSSR count). The van der Waals surface area contributed by atoms with Crippen molar-refractivity contribution in [3.05, 3.63) is 52.6 Å². The van der Waals surface area contributed by atoms with Gasteiger partial charge in [0.2, 0.25) is 0 Å². The van der Waals surface area contributed by atoms with Crippen LogP contribution in [0.4, 0.5) is 5.69 Å². The molecule has 3 heterocycles. The van der Waals surface area contributed by atoms with E-state index in [4.69, 9.17) is 0 Å². The first-order valence-electron chi connectivity index (χ1n) is 8.79. The molecule has 1 aliphatic heterocycles. The number of aryl methyl sites for hydroxylation is 3. The molecule has 0 saturated carbocycles. The van der Waals surface area contributed by atoms with Crippen LogP contribution in [-0.4, -0.2) is 37.2 Å². The lowest BCUT2D eigenvalue weighted by Gasteiger charge is -2.31. The van der Waals surface area contributed by atoms with Crippen LogP contribution >= 0.6 is 0 Å². The van der Waals surface area contributed by atoms with Crippen molar-refractivity contribution in [3.8, 4) is 5.69 Å². The van der Waals surface area contributed by atoms with Gasteiger partial charge in [0.1, 0.15) is 5.69 Å². The highest BCUT2D eigenvalue weighted by molar-refractivity contribution is 6.06. The Morgan fingerprint density at radius 3 is 2.73 bits per heavy atom. The second kappa shape index (κ2) is 6.09. The average molecular weight is 350 g/mol. The SMILES string of the molecule is Cc1ccc2c(c1C)N(C(=O)c1nnn(-c3cnn(C)c3)c1C)CCC2. The Morgan fingerprint density at radius 1 is 1.19 bits per heavy atom. The molecule has 0 unspecified atom stereocenters. The first-order valence-corrected chi connectivity index (χ1v) is 8.79. The Balaban J connectivity index is 1.75. The standard InChI is InChI=1S/C19H22N6O/c1-12-7-8-15-6-5-9-24(18(15)13(12)2)19(26)17-14(3)25(22-21-17)16-10-20-23(4)11-16/h7-8,10-11H,5-6,9H2,1-4H3. The maximum absolute atomic E-state index is 13.3. The maximum atomic E-state index is 13.3. The molecule has 1 amide bonds. The molecule has 0 bridgehead atoms. The van der Waals surface area contributed by atoms with Crippen LogP contribution in [0.3, 0.4) is 0 Å². The van der Waals surface area contributed by atoms with Gasteiger partial charge < -0.3 is 4.90 Å². The molecule has 0 saturated heterocycles. The molecule has 7 nitrogen and oxygen atoms in total. The fourth-order valence-corrected chi connectivity index (χ4v) is 3.59. The third kappa shape index (κ3) is 2.51. The van der Waals surface area contributed by atoms with Crippen LogP contribution in [0, 0.1) is 20.8 Å². The van der Waals surface area contributed by atoms with E-state index >= 15 is 0 Å². The van der Waals surface area contributed by atoms with Gasteiger partial charge in [-0.25, -0.2) is 4.68 Å². The second-order valence-corrected chi connectivity index (χ2v) is 6.88. The summed E-state index contributed by atoms with van der Waals surface area (Å²) in [5, 5.41) is 12.5. The average Bonchev–Trinajstić information content (AvgIpc) is 3.22. The Kier molecular flexibility index (Phi) is 3.86. The van der Waals surface area contributed by atoms with Crippen LogP contribution in [0.5, 0.6) is 0 Å². The Hall–Kier alpha value is -2.96. The number of nitrogens with zero attached hydrogens (tertiary/aromatic N) is 6. The predicted octanol–water partition coefficient (Wildman–Crippen LogP) is 2.52. The zero-order valence-corrected chi connectivity index (χ0v) is 15.5.